The van der Waals surface area contributed by atoms with Gasteiger partial charge in [-0.25, -0.2) is 0 Å². The number of benzene rings is 1. The fourth-order valence-electron chi connectivity index (χ4n) is 3.49. The van der Waals surface area contributed by atoms with Crippen LogP contribution in [0.5, 0.6) is 0 Å². The Labute approximate surface area is 137 Å². The van der Waals surface area contributed by atoms with Gasteiger partial charge in [0.2, 0.25) is 0 Å². The first-order valence-corrected chi connectivity index (χ1v) is 9.09. The van der Waals surface area contributed by atoms with Gasteiger partial charge in [0.15, 0.2) is 0 Å². The summed E-state index contributed by atoms with van der Waals surface area (Å²) in [5.74, 6) is 1.66. The molecule has 1 aliphatic rings. The number of hydrogen-bond acceptors (Lipinski definition) is 2. The van der Waals surface area contributed by atoms with Crippen molar-refractivity contribution in [3.05, 3.63) is 34.9 Å². The predicted molar refractivity (Wildman–Crippen MR) is 90.4 cm³/mol. The summed E-state index contributed by atoms with van der Waals surface area (Å²) in [6, 6.07) is 6.29. The molecule has 0 aliphatic carbocycles. The summed E-state index contributed by atoms with van der Waals surface area (Å²) in [6.07, 6.45) is 1.43. The van der Waals surface area contributed by atoms with E-state index < -0.39 is 0 Å². The second-order valence-electron chi connectivity index (χ2n) is 6.41. The molecule has 1 heterocycles. The van der Waals surface area contributed by atoms with Gasteiger partial charge in [0.25, 0.3) is 0 Å². The lowest BCUT2D eigenvalue weighted by Gasteiger charge is -2.44. The third-order valence-corrected chi connectivity index (χ3v) is 5.94. The van der Waals surface area contributed by atoms with Crippen LogP contribution in [0, 0.1) is 17.8 Å². The van der Waals surface area contributed by atoms with Crippen molar-refractivity contribution in [3.63, 3.8) is 0 Å². The summed E-state index contributed by atoms with van der Waals surface area (Å²) < 4.78 is 6.43. The lowest BCUT2D eigenvalue weighted by Crippen LogP contribution is -2.40. The van der Waals surface area contributed by atoms with Gasteiger partial charge in [-0.1, -0.05) is 61.8 Å². The summed E-state index contributed by atoms with van der Waals surface area (Å²) in [6.45, 7) is 9.18. The molecule has 21 heavy (non-hydrogen) atoms. The van der Waals surface area contributed by atoms with E-state index in [0.29, 0.717) is 23.9 Å². The van der Waals surface area contributed by atoms with Gasteiger partial charge in [-0.3, -0.25) is 0 Å². The summed E-state index contributed by atoms with van der Waals surface area (Å²) in [5.41, 5.74) is 3.39. The summed E-state index contributed by atoms with van der Waals surface area (Å²) in [4.78, 5) is 0. The molecule has 2 unspecified atom stereocenters. The topological polar surface area (TPSA) is 29.5 Å². The van der Waals surface area contributed by atoms with Crippen LogP contribution in [-0.2, 0) is 16.7 Å². The molecular weight excluding hydrogens is 328 g/mol. The Hall–Kier alpha value is -0.380. The van der Waals surface area contributed by atoms with Gasteiger partial charge in [0.1, 0.15) is 0 Å². The van der Waals surface area contributed by atoms with Crippen molar-refractivity contribution in [2.45, 2.75) is 58.3 Å². The highest BCUT2D eigenvalue weighted by Crippen LogP contribution is 2.44. The van der Waals surface area contributed by atoms with E-state index in [1.54, 1.807) is 0 Å². The van der Waals surface area contributed by atoms with E-state index in [4.69, 9.17) is 4.74 Å². The fraction of sp³-hybridized carbons (Fsp3) is 0.667. The quantitative estimate of drug-likeness (QED) is 0.784. The zero-order chi connectivity index (χ0) is 15.6. The van der Waals surface area contributed by atoms with Crippen molar-refractivity contribution in [2.24, 2.45) is 17.8 Å². The number of ether oxygens (including phenoxy) is 1. The van der Waals surface area contributed by atoms with Crippen LogP contribution in [0.1, 0.15) is 56.9 Å². The molecule has 1 aromatic carbocycles. The van der Waals surface area contributed by atoms with Gasteiger partial charge >= 0.3 is 0 Å². The van der Waals surface area contributed by atoms with Crippen molar-refractivity contribution < 1.29 is 9.84 Å². The Morgan fingerprint density at radius 2 is 1.86 bits per heavy atom. The molecule has 1 N–H and O–H groups in total. The molecule has 0 amide bonds. The minimum absolute atomic E-state index is 0.0746. The van der Waals surface area contributed by atoms with Crippen LogP contribution in [-0.4, -0.2) is 11.2 Å². The first-order valence-electron chi connectivity index (χ1n) is 7.97. The number of hydrogen-bond donors (Lipinski definition) is 1. The minimum Gasteiger partial charge on any atom is -0.392 e. The molecule has 0 bridgehead atoms. The summed E-state index contributed by atoms with van der Waals surface area (Å²) in [5, 5.41) is 10.5. The third kappa shape index (κ3) is 3.35. The van der Waals surface area contributed by atoms with E-state index >= 15 is 0 Å². The smallest absolute Gasteiger partial charge is 0.0860 e. The first-order chi connectivity index (χ1) is 10.0. The van der Waals surface area contributed by atoms with Gasteiger partial charge in [-0.2, -0.15) is 0 Å². The maximum atomic E-state index is 9.67. The largest absolute Gasteiger partial charge is 0.392 e. The van der Waals surface area contributed by atoms with Gasteiger partial charge in [-0.15, -0.1) is 0 Å². The summed E-state index contributed by atoms with van der Waals surface area (Å²) in [7, 11) is 0. The molecule has 2 rings (SSSR count). The van der Waals surface area contributed by atoms with Crippen LogP contribution in [0.3, 0.4) is 0 Å². The van der Waals surface area contributed by atoms with Crippen molar-refractivity contribution in [1.82, 2.24) is 0 Å². The zero-order valence-corrected chi connectivity index (χ0v) is 15.1. The summed E-state index contributed by atoms with van der Waals surface area (Å²) >= 11 is 3.52. The lowest BCUT2D eigenvalue weighted by molar-refractivity contribution is -0.137. The predicted octanol–water partition coefficient (Wildman–Crippen LogP) is 4.83. The van der Waals surface area contributed by atoms with Crippen LogP contribution < -0.4 is 0 Å². The Balaban J connectivity index is 2.39. The second kappa shape index (κ2) is 7.26. The maximum Gasteiger partial charge on any atom is 0.0860 e. The van der Waals surface area contributed by atoms with Gasteiger partial charge < -0.3 is 9.84 Å². The maximum absolute atomic E-state index is 9.67. The number of aliphatic hydroxyl groups is 1. The second-order valence-corrected chi connectivity index (χ2v) is 6.97. The van der Waals surface area contributed by atoms with E-state index in [2.05, 4.69) is 55.8 Å². The molecule has 0 spiro atoms. The number of alkyl halides is 1. The highest BCUT2D eigenvalue weighted by Gasteiger charge is 2.39. The van der Waals surface area contributed by atoms with Crippen LogP contribution in [0.2, 0.25) is 0 Å². The van der Waals surface area contributed by atoms with E-state index in [1.807, 2.05) is 6.07 Å². The molecule has 1 aromatic rings. The van der Waals surface area contributed by atoms with Crippen molar-refractivity contribution >= 4 is 15.9 Å². The molecule has 5 atom stereocenters. The van der Waals surface area contributed by atoms with Crippen LogP contribution in [0.15, 0.2) is 18.2 Å². The normalized spacial score (nSPS) is 33.1. The van der Waals surface area contributed by atoms with Crippen molar-refractivity contribution in [2.75, 3.05) is 0 Å². The molecule has 0 saturated carbocycles. The molecule has 3 heteroatoms. The van der Waals surface area contributed by atoms with Crippen molar-refractivity contribution in [3.8, 4) is 0 Å². The Bertz CT molecular complexity index is 472. The molecule has 1 fully saturated rings. The molecule has 1 aliphatic heterocycles. The number of rotatable bonds is 4. The van der Waals surface area contributed by atoms with Gasteiger partial charge in [0.05, 0.1) is 18.8 Å². The number of halogens is 1. The molecule has 2 nitrogen and oxygen atoms in total. The van der Waals surface area contributed by atoms with Crippen LogP contribution >= 0.6 is 15.9 Å². The highest BCUT2D eigenvalue weighted by atomic mass is 79.9. The first kappa shape index (κ1) is 17.0. The average Bonchev–Trinajstić information content (AvgIpc) is 2.52. The Morgan fingerprint density at radius 3 is 2.43 bits per heavy atom. The SMILES string of the molecule is CCC1O[C@@H](c2cc(CBr)ccc2CO)C(C)[C@@H](C)[C@H]1C. The molecule has 0 radical (unpaired) electrons. The monoisotopic (exact) mass is 354 g/mol. The van der Waals surface area contributed by atoms with Crippen LogP contribution in [0.4, 0.5) is 0 Å². The lowest BCUT2D eigenvalue weighted by atomic mass is 9.73. The molecule has 0 aromatic heterocycles. The van der Waals surface area contributed by atoms with Crippen molar-refractivity contribution in [1.29, 1.82) is 0 Å². The number of aliphatic hydroxyl groups excluding tert-OH is 1. The highest BCUT2D eigenvalue weighted by molar-refractivity contribution is 9.08. The zero-order valence-electron chi connectivity index (χ0n) is 13.5. The minimum atomic E-state index is 0.0746. The Morgan fingerprint density at radius 1 is 1.14 bits per heavy atom. The van der Waals surface area contributed by atoms with E-state index in [0.717, 1.165) is 17.3 Å². The van der Waals surface area contributed by atoms with Crippen LogP contribution in [0.25, 0.3) is 0 Å². The molecular formula is C18H27BrO2. The van der Waals surface area contributed by atoms with E-state index in [1.165, 1.54) is 11.1 Å². The molecule has 118 valence electrons. The standard InChI is InChI=1S/C18H27BrO2/c1-5-17-12(3)11(2)13(4)18(21-17)16-8-14(9-19)6-7-15(16)10-20/h6-8,11-13,17-18,20H,5,9-10H2,1-4H3/t11-,12+,13?,17?,18+/m0/s1. The average molecular weight is 355 g/mol. The van der Waals surface area contributed by atoms with Gasteiger partial charge in [0, 0.05) is 5.33 Å². The van der Waals surface area contributed by atoms with E-state index in [9.17, 15) is 5.11 Å². The van der Waals surface area contributed by atoms with E-state index in [-0.39, 0.29) is 12.7 Å². The molecule has 1 saturated heterocycles. The van der Waals surface area contributed by atoms with Gasteiger partial charge in [-0.05, 0) is 40.9 Å². The third-order valence-electron chi connectivity index (χ3n) is 5.29. The Kier molecular flexibility index (Phi) is 5.87. The fourth-order valence-corrected chi connectivity index (χ4v) is 3.84.